The number of nitrogens with zero attached hydrogens (tertiary/aromatic N) is 1. The average Bonchev–Trinajstić information content (AvgIpc) is 3.04. The highest BCUT2D eigenvalue weighted by molar-refractivity contribution is 6.35. The molecule has 1 aromatic heterocycles. The summed E-state index contributed by atoms with van der Waals surface area (Å²) in [4.78, 5) is 0. The maximum atomic E-state index is 9.87. The Hall–Kier alpha value is -2.21. The highest BCUT2D eigenvalue weighted by Crippen LogP contribution is 2.37. The number of aromatic nitrogens is 1. The van der Waals surface area contributed by atoms with Gasteiger partial charge in [-0.15, -0.1) is 0 Å². The summed E-state index contributed by atoms with van der Waals surface area (Å²) in [6, 6.07) is 10.3. The molecule has 0 saturated carbocycles. The van der Waals surface area contributed by atoms with Gasteiger partial charge in [0.25, 0.3) is 0 Å². The molecule has 0 spiro atoms. The first-order valence-corrected chi connectivity index (χ1v) is 8.10. The van der Waals surface area contributed by atoms with Crippen LogP contribution in [0.4, 0.5) is 0 Å². The van der Waals surface area contributed by atoms with Crippen molar-refractivity contribution in [3.63, 3.8) is 0 Å². The van der Waals surface area contributed by atoms with Crippen LogP contribution in [0.15, 0.2) is 40.9 Å². The lowest BCUT2D eigenvalue weighted by atomic mass is 10.0. The molecule has 3 aromatic rings. The van der Waals surface area contributed by atoms with Crippen LogP contribution in [-0.4, -0.2) is 24.5 Å². The van der Waals surface area contributed by atoms with Crippen LogP contribution in [0.2, 0.25) is 10.0 Å². The summed E-state index contributed by atoms with van der Waals surface area (Å²) in [5.74, 6) is 1.62. The predicted octanol–water partition coefficient (Wildman–Crippen LogP) is 4.82. The van der Waals surface area contributed by atoms with Gasteiger partial charge in [0, 0.05) is 27.2 Å². The van der Waals surface area contributed by atoms with E-state index in [9.17, 15) is 5.11 Å². The molecule has 0 unspecified atom stereocenters. The Bertz CT molecular complexity index is 866. The minimum absolute atomic E-state index is 0.266. The van der Waals surface area contributed by atoms with Gasteiger partial charge in [0.15, 0.2) is 5.76 Å². The molecule has 1 N–H and O–H groups in total. The molecular formula is C18H15Cl2NO4. The summed E-state index contributed by atoms with van der Waals surface area (Å²) in [6.45, 7) is -0.266. The summed E-state index contributed by atoms with van der Waals surface area (Å²) in [5, 5.41) is 14.9. The van der Waals surface area contributed by atoms with Gasteiger partial charge in [-0.25, -0.2) is 0 Å². The van der Waals surface area contributed by atoms with Gasteiger partial charge in [-0.2, -0.15) is 0 Å². The molecule has 7 heteroatoms. The van der Waals surface area contributed by atoms with Crippen LogP contribution in [0.3, 0.4) is 0 Å². The van der Waals surface area contributed by atoms with Gasteiger partial charge in [0.2, 0.25) is 0 Å². The summed E-state index contributed by atoms with van der Waals surface area (Å²) in [6.07, 6.45) is 0. The van der Waals surface area contributed by atoms with E-state index in [2.05, 4.69) is 5.16 Å². The number of halogens is 2. The number of hydrogen-bond donors (Lipinski definition) is 1. The van der Waals surface area contributed by atoms with E-state index in [1.54, 1.807) is 50.6 Å². The van der Waals surface area contributed by atoms with E-state index in [4.69, 9.17) is 37.2 Å². The minimum Gasteiger partial charge on any atom is -0.497 e. The fourth-order valence-electron chi connectivity index (χ4n) is 2.54. The first-order valence-electron chi connectivity index (χ1n) is 7.35. The number of hydrogen-bond acceptors (Lipinski definition) is 5. The molecule has 0 fully saturated rings. The number of ether oxygens (including phenoxy) is 2. The number of rotatable bonds is 5. The zero-order valence-corrected chi connectivity index (χ0v) is 15.1. The lowest BCUT2D eigenvalue weighted by Crippen LogP contribution is -1.92. The van der Waals surface area contributed by atoms with E-state index < -0.39 is 0 Å². The van der Waals surface area contributed by atoms with Crippen LogP contribution in [0.25, 0.3) is 22.6 Å². The second kappa shape index (κ2) is 7.35. The van der Waals surface area contributed by atoms with Gasteiger partial charge in [-0.1, -0.05) is 28.4 Å². The van der Waals surface area contributed by atoms with E-state index in [1.807, 2.05) is 0 Å². The number of aliphatic hydroxyl groups excluding tert-OH is 1. The van der Waals surface area contributed by atoms with Crippen molar-refractivity contribution in [2.24, 2.45) is 0 Å². The molecule has 25 heavy (non-hydrogen) atoms. The molecule has 0 saturated heterocycles. The molecule has 0 aliphatic carbocycles. The molecule has 5 nitrogen and oxygen atoms in total. The van der Waals surface area contributed by atoms with Gasteiger partial charge in [0.1, 0.15) is 17.2 Å². The Labute approximate surface area is 154 Å². The van der Waals surface area contributed by atoms with Crippen molar-refractivity contribution in [1.82, 2.24) is 5.16 Å². The van der Waals surface area contributed by atoms with Crippen LogP contribution >= 0.6 is 23.2 Å². The zero-order valence-electron chi connectivity index (χ0n) is 13.5. The topological polar surface area (TPSA) is 64.7 Å². The van der Waals surface area contributed by atoms with Gasteiger partial charge >= 0.3 is 0 Å². The van der Waals surface area contributed by atoms with Crippen molar-refractivity contribution in [3.05, 3.63) is 52.0 Å². The van der Waals surface area contributed by atoms with Crippen LogP contribution in [0.5, 0.6) is 11.5 Å². The number of methoxy groups -OCH3 is 2. The van der Waals surface area contributed by atoms with Crippen molar-refractivity contribution in [3.8, 4) is 34.1 Å². The van der Waals surface area contributed by atoms with E-state index in [-0.39, 0.29) is 6.61 Å². The van der Waals surface area contributed by atoms with Gasteiger partial charge in [-0.05, 0) is 30.3 Å². The second-order valence-corrected chi connectivity index (χ2v) is 6.13. The molecule has 0 aliphatic rings. The molecular weight excluding hydrogens is 365 g/mol. The zero-order chi connectivity index (χ0) is 18.0. The fraction of sp³-hybridized carbons (Fsp3) is 0.167. The second-order valence-electron chi connectivity index (χ2n) is 5.26. The number of aliphatic hydroxyl groups is 1. The Morgan fingerprint density at radius 2 is 1.52 bits per heavy atom. The monoisotopic (exact) mass is 379 g/mol. The first-order chi connectivity index (χ1) is 12.0. The molecule has 1 heterocycles. The Kier molecular flexibility index (Phi) is 5.18. The average molecular weight is 380 g/mol. The van der Waals surface area contributed by atoms with Crippen LogP contribution in [-0.2, 0) is 6.61 Å². The highest BCUT2D eigenvalue weighted by atomic mass is 35.5. The Morgan fingerprint density at radius 3 is 2.04 bits per heavy atom. The van der Waals surface area contributed by atoms with Crippen LogP contribution in [0, 0.1) is 0 Å². The normalized spacial score (nSPS) is 10.8. The summed E-state index contributed by atoms with van der Waals surface area (Å²) < 4.78 is 16.1. The van der Waals surface area contributed by atoms with E-state index >= 15 is 0 Å². The summed E-state index contributed by atoms with van der Waals surface area (Å²) in [5.41, 5.74) is 2.33. The lowest BCUT2D eigenvalue weighted by Gasteiger charge is -2.07. The SMILES string of the molecule is COc1cc(OC)cc(-c2onc(-c3cc(Cl)cc(Cl)c3)c2CO)c1. The van der Waals surface area contributed by atoms with Crippen molar-refractivity contribution in [1.29, 1.82) is 0 Å². The summed E-state index contributed by atoms with van der Waals surface area (Å²) in [7, 11) is 3.12. The molecule has 0 radical (unpaired) electrons. The third kappa shape index (κ3) is 3.58. The first kappa shape index (κ1) is 17.6. The highest BCUT2D eigenvalue weighted by Gasteiger charge is 2.20. The van der Waals surface area contributed by atoms with Crippen LogP contribution < -0.4 is 9.47 Å². The molecule has 0 bridgehead atoms. The minimum atomic E-state index is -0.266. The molecule has 3 rings (SSSR count). The van der Waals surface area contributed by atoms with E-state index in [0.29, 0.717) is 49.7 Å². The van der Waals surface area contributed by atoms with Crippen molar-refractivity contribution >= 4 is 23.2 Å². The molecule has 0 amide bonds. The van der Waals surface area contributed by atoms with Crippen molar-refractivity contribution in [2.75, 3.05) is 14.2 Å². The largest absolute Gasteiger partial charge is 0.497 e. The molecule has 0 aliphatic heterocycles. The van der Waals surface area contributed by atoms with Crippen molar-refractivity contribution < 1.29 is 19.1 Å². The molecule has 130 valence electrons. The van der Waals surface area contributed by atoms with Crippen LogP contribution in [0.1, 0.15) is 5.56 Å². The standard InChI is InChI=1S/C18H15Cl2NO4/c1-23-14-5-11(6-15(8-14)24-2)18-16(9-22)17(21-25-18)10-3-12(19)7-13(20)4-10/h3-8,22H,9H2,1-2H3. The lowest BCUT2D eigenvalue weighted by molar-refractivity contribution is 0.281. The third-order valence-electron chi connectivity index (χ3n) is 3.70. The predicted molar refractivity (Wildman–Crippen MR) is 96.4 cm³/mol. The maximum absolute atomic E-state index is 9.87. The van der Waals surface area contributed by atoms with Crippen molar-refractivity contribution in [2.45, 2.75) is 6.61 Å². The smallest absolute Gasteiger partial charge is 0.173 e. The van der Waals surface area contributed by atoms with Gasteiger partial charge in [0.05, 0.1) is 26.4 Å². The summed E-state index contributed by atoms with van der Waals surface area (Å²) >= 11 is 12.1. The maximum Gasteiger partial charge on any atom is 0.173 e. The van der Waals surface area contributed by atoms with Gasteiger partial charge < -0.3 is 19.1 Å². The number of benzene rings is 2. The third-order valence-corrected chi connectivity index (χ3v) is 4.13. The van der Waals surface area contributed by atoms with Gasteiger partial charge in [-0.3, -0.25) is 0 Å². The fourth-order valence-corrected chi connectivity index (χ4v) is 3.06. The Morgan fingerprint density at radius 1 is 0.920 bits per heavy atom. The van der Waals surface area contributed by atoms with E-state index in [0.717, 1.165) is 0 Å². The quantitative estimate of drug-likeness (QED) is 0.687. The molecule has 0 atom stereocenters. The van der Waals surface area contributed by atoms with E-state index in [1.165, 1.54) is 0 Å². The molecule has 2 aromatic carbocycles. The Balaban J connectivity index is 2.15.